The van der Waals surface area contributed by atoms with Gasteiger partial charge < -0.3 is 5.32 Å². The highest BCUT2D eigenvalue weighted by atomic mass is 32.1. The second-order valence-corrected chi connectivity index (χ2v) is 5.78. The third kappa shape index (κ3) is 5.45. The number of nitrogens with zero attached hydrogens (tertiary/aromatic N) is 2. The number of hydrogen-bond donors (Lipinski definition) is 4. The maximum Gasteiger partial charge on any atom is 0.416 e. The Balaban J connectivity index is 1.88. The van der Waals surface area contributed by atoms with Gasteiger partial charge in [0.25, 0.3) is 0 Å². The summed E-state index contributed by atoms with van der Waals surface area (Å²) in [5.74, 6) is 0. The van der Waals surface area contributed by atoms with Gasteiger partial charge in [-0.25, -0.2) is 9.78 Å². The average molecular weight is 362 g/mol. The highest BCUT2D eigenvalue weighted by Crippen LogP contribution is 2.29. The molecule has 0 atom stereocenters. The van der Waals surface area contributed by atoms with Gasteiger partial charge >= 0.3 is 12.2 Å². The summed E-state index contributed by atoms with van der Waals surface area (Å²) in [4.78, 5) is 16.1. The lowest BCUT2D eigenvalue weighted by molar-refractivity contribution is -0.314. The largest absolute Gasteiger partial charge is 0.416 e. The lowest BCUT2D eigenvalue weighted by Gasteiger charge is -2.09. The molecule has 0 radical (unpaired) electrons. The molecule has 4 N–H and O–H groups in total. The predicted molar refractivity (Wildman–Crippen MR) is 78.5 cm³/mol. The molecule has 7 nitrogen and oxygen atoms in total. The number of nitrogens with one attached hydrogen (secondary N) is 2. The van der Waals surface area contributed by atoms with Crippen molar-refractivity contribution in [3.8, 4) is 0 Å². The van der Waals surface area contributed by atoms with Crippen LogP contribution in [0.3, 0.4) is 0 Å². The van der Waals surface area contributed by atoms with Crippen LogP contribution in [0, 0.1) is 0 Å². The van der Waals surface area contributed by atoms with Crippen molar-refractivity contribution in [1.29, 1.82) is 0 Å². The Bertz CT molecular complexity index is 706. The molecule has 1 aromatic carbocycles. The van der Waals surface area contributed by atoms with Gasteiger partial charge in [-0.3, -0.25) is 15.7 Å². The monoisotopic (exact) mass is 362 g/mol. The van der Waals surface area contributed by atoms with E-state index in [2.05, 4.69) is 15.6 Å². The average Bonchev–Trinajstić information content (AvgIpc) is 2.91. The smallest absolute Gasteiger partial charge is 0.334 e. The van der Waals surface area contributed by atoms with E-state index in [0.29, 0.717) is 10.4 Å². The van der Waals surface area contributed by atoms with Gasteiger partial charge in [-0.2, -0.15) is 13.2 Å². The number of aromatic nitrogens is 1. The first-order valence-corrected chi connectivity index (χ1v) is 7.36. The molecule has 0 fully saturated rings. The summed E-state index contributed by atoms with van der Waals surface area (Å²) in [7, 11) is 0. The summed E-state index contributed by atoms with van der Waals surface area (Å²) in [6.45, 7) is -0.264. The first-order chi connectivity index (χ1) is 11.2. The molecule has 11 heteroatoms. The lowest BCUT2D eigenvalue weighted by atomic mass is 10.1. The van der Waals surface area contributed by atoms with E-state index in [4.69, 9.17) is 10.4 Å². The molecule has 0 aliphatic heterocycles. The molecular formula is C13H13F3N4O3S. The maximum absolute atomic E-state index is 12.6. The second-order valence-electron chi connectivity index (χ2n) is 4.67. The summed E-state index contributed by atoms with van der Waals surface area (Å²) in [6.07, 6.45) is -3.09. The molecule has 0 spiro atoms. The van der Waals surface area contributed by atoms with E-state index < -0.39 is 17.8 Å². The number of thiazole rings is 1. The number of hydrogen-bond acceptors (Lipinski definition) is 6. The van der Waals surface area contributed by atoms with Gasteiger partial charge in [0, 0.05) is 17.6 Å². The SMILES string of the molecule is O=C(NCc1cccc(C(F)(F)F)c1)Nc1ncc(CN(O)O)s1. The van der Waals surface area contributed by atoms with Crippen molar-refractivity contribution < 1.29 is 28.4 Å². The molecule has 0 bridgehead atoms. The van der Waals surface area contributed by atoms with Gasteiger partial charge in [-0.15, -0.1) is 11.3 Å². The van der Waals surface area contributed by atoms with E-state index in [-0.39, 0.29) is 23.4 Å². The Morgan fingerprint density at radius 3 is 2.75 bits per heavy atom. The van der Waals surface area contributed by atoms with Crippen molar-refractivity contribution >= 4 is 22.5 Å². The minimum atomic E-state index is -4.44. The number of hydroxylamine groups is 2. The van der Waals surface area contributed by atoms with Crippen LogP contribution in [-0.2, 0) is 19.3 Å². The van der Waals surface area contributed by atoms with Crippen molar-refractivity contribution in [2.45, 2.75) is 19.3 Å². The van der Waals surface area contributed by atoms with Crippen LogP contribution in [0.25, 0.3) is 0 Å². The van der Waals surface area contributed by atoms with Gasteiger partial charge in [0.05, 0.1) is 12.1 Å². The highest BCUT2D eigenvalue weighted by molar-refractivity contribution is 7.15. The number of amides is 2. The van der Waals surface area contributed by atoms with Gasteiger partial charge in [0.2, 0.25) is 0 Å². The van der Waals surface area contributed by atoms with Crippen LogP contribution in [0.15, 0.2) is 30.5 Å². The molecule has 2 aromatic rings. The van der Waals surface area contributed by atoms with E-state index in [1.807, 2.05) is 0 Å². The number of alkyl halides is 3. The summed E-state index contributed by atoms with van der Waals surface area (Å²) >= 11 is 1.02. The first kappa shape index (κ1) is 18.1. The Kier molecular flexibility index (Phi) is 5.72. The van der Waals surface area contributed by atoms with Crippen LogP contribution in [0.2, 0.25) is 0 Å². The van der Waals surface area contributed by atoms with E-state index in [1.165, 1.54) is 18.3 Å². The van der Waals surface area contributed by atoms with Crippen molar-refractivity contribution in [2.24, 2.45) is 0 Å². The zero-order chi connectivity index (χ0) is 17.7. The van der Waals surface area contributed by atoms with Gasteiger partial charge in [0.15, 0.2) is 5.13 Å². The first-order valence-electron chi connectivity index (χ1n) is 6.55. The molecule has 24 heavy (non-hydrogen) atoms. The zero-order valence-corrected chi connectivity index (χ0v) is 12.9. The lowest BCUT2D eigenvalue weighted by Crippen LogP contribution is -2.28. The minimum absolute atomic E-state index is 0.0228. The third-order valence-electron chi connectivity index (χ3n) is 2.78. The quantitative estimate of drug-likeness (QED) is 0.613. The summed E-state index contributed by atoms with van der Waals surface area (Å²) in [6, 6.07) is 4.00. The standard InChI is InChI=1S/C13H13F3N4O3S/c14-13(15,16)9-3-1-2-8(4-9)5-17-11(21)19-12-18-6-10(24-12)7-20(22)23/h1-4,6,22-23H,5,7H2,(H2,17,18,19,21). The van der Waals surface area contributed by atoms with Crippen LogP contribution in [0.4, 0.5) is 23.1 Å². The van der Waals surface area contributed by atoms with Crippen molar-refractivity contribution in [3.63, 3.8) is 0 Å². The fraction of sp³-hybridized carbons (Fsp3) is 0.231. The molecule has 130 valence electrons. The highest BCUT2D eigenvalue weighted by Gasteiger charge is 2.30. The van der Waals surface area contributed by atoms with Crippen molar-refractivity contribution in [2.75, 3.05) is 5.32 Å². The molecule has 2 amide bonds. The topological polar surface area (TPSA) is 97.7 Å². The van der Waals surface area contributed by atoms with Gasteiger partial charge in [-0.1, -0.05) is 17.4 Å². The fourth-order valence-corrected chi connectivity index (χ4v) is 2.54. The molecule has 1 heterocycles. The number of carbonyl (C=O) groups excluding carboxylic acids is 1. The number of benzene rings is 1. The van der Waals surface area contributed by atoms with Crippen molar-refractivity contribution in [1.82, 2.24) is 15.5 Å². The summed E-state index contributed by atoms with van der Waals surface area (Å²) in [5, 5.41) is 22.4. The third-order valence-corrected chi connectivity index (χ3v) is 3.68. The predicted octanol–water partition coefficient (Wildman–Crippen LogP) is 3.06. The van der Waals surface area contributed by atoms with Crippen molar-refractivity contribution in [3.05, 3.63) is 46.5 Å². The fourth-order valence-electron chi connectivity index (χ4n) is 1.76. The normalized spacial score (nSPS) is 11.6. The van der Waals surface area contributed by atoms with Crippen LogP contribution in [-0.4, -0.2) is 26.7 Å². The second kappa shape index (κ2) is 7.57. The Morgan fingerprint density at radius 2 is 2.08 bits per heavy atom. The van der Waals surface area contributed by atoms with Crippen LogP contribution < -0.4 is 10.6 Å². The molecular weight excluding hydrogens is 349 g/mol. The molecule has 0 aliphatic rings. The molecule has 0 aliphatic carbocycles. The number of rotatable bonds is 5. The van der Waals surface area contributed by atoms with E-state index in [1.54, 1.807) is 0 Å². The zero-order valence-electron chi connectivity index (χ0n) is 12.0. The van der Waals surface area contributed by atoms with Gasteiger partial charge in [-0.05, 0) is 17.7 Å². The number of halogens is 3. The summed E-state index contributed by atoms with van der Waals surface area (Å²) < 4.78 is 37.8. The van der Waals surface area contributed by atoms with E-state index >= 15 is 0 Å². The molecule has 1 aromatic heterocycles. The van der Waals surface area contributed by atoms with Crippen LogP contribution in [0.5, 0.6) is 0 Å². The molecule has 0 saturated heterocycles. The number of carbonyl (C=O) groups is 1. The van der Waals surface area contributed by atoms with Gasteiger partial charge in [0.1, 0.15) is 0 Å². The van der Waals surface area contributed by atoms with E-state index in [0.717, 1.165) is 23.5 Å². The minimum Gasteiger partial charge on any atom is -0.334 e. The van der Waals surface area contributed by atoms with Crippen LogP contribution in [0.1, 0.15) is 16.0 Å². The van der Waals surface area contributed by atoms with E-state index in [9.17, 15) is 18.0 Å². The summed E-state index contributed by atoms with van der Waals surface area (Å²) in [5.41, 5.74) is -0.486. The Labute approximate surface area is 138 Å². The Hall–Kier alpha value is -2.21. The molecule has 2 rings (SSSR count). The molecule has 0 unspecified atom stereocenters. The molecule has 0 saturated carbocycles. The number of urea groups is 1. The maximum atomic E-state index is 12.6. The van der Waals surface area contributed by atoms with Crippen LogP contribution >= 0.6 is 11.3 Å². The number of anilines is 1. The Morgan fingerprint density at radius 1 is 1.33 bits per heavy atom.